The maximum absolute atomic E-state index is 13.4. The first-order valence-corrected chi connectivity index (χ1v) is 14.6. The third-order valence-electron chi connectivity index (χ3n) is 5.69. The predicted molar refractivity (Wildman–Crippen MR) is 149 cm³/mol. The van der Waals surface area contributed by atoms with E-state index in [1.54, 1.807) is 11.8 Å². The molecule has 0 spiro atoms. The molecule has 1 atom stereocenters. The monoisotopic (exact) mass is 579 g/mol. The van der Waals surface area contributed by atoms with E-state index in [-0.39, 0.29) is 31.3 Å². The minimum atomic E-state index is -3.54. The van der Waals surface area contributed by atoms with E-state index < -0.39 is 21.6 Å². The van der Waals surface area contributed by atoms with Gasteiger partial charge in [0.2, 0.25) is 21.8 Å². The number of rotatable bonds is 10. The highest BCUT2D eigenvalue weighted by atomic mass is 79.9. The summed E-state index contributed by atoms with van der Waals surface area (Å²) in [6.45, 7) is 11.6. The zero-order valence-corrected chi connectivity index (χ0v) is 24.7. The maximum atomic E-state index is 13.4. The molecule has 2 amide bonds. The van der Waals surface area contributed by atoms with Crippen molar-refractivity contribution in [3.8, 4) is 0 Å². The molecule has 1 N–H and O–H groups in total. The molecule has 0 aliphatic carbocycles. The number of nitrogens with zero attached hydrogens (tertiary/aromatic N) is 2. The fourth-order valence-electron chi connectivity index (χ4n) is 3.86. The van der Waals surface area contributed by atoms with E-state index in [2.05, 4.69) is 21.2 Å². The van der Waals surface area contributed by atoms with E-state index in [1.807, 2.05) is 77.1 Å². The maximum Gasteiger partial charge on any atom is 0.242 e. The second-order valence-corrected chi connectivity index (χ2v) is 13.1. The lowest BCUT2D eigenvalue weighted by atomic mass is 10.1. The number of nitrogens with one attached hydrogen (secondary N) is 1. The summed E-state index contributed by atoms with van der Waals surface area (Å²) in [6.07, 6.45) is 1.61. The van der Waals surface area contributed by atoms with Gasteiger partial charge in [0.1, 0.15) is 6.04 Å². The van der Waals surface area contributed by atoms with Gasteiger partial charge in [0.25, 0.3) is 0 Å². The summed E-state index contributed by atoms with van der Waals surface area (Å²) in [4.78, 5) is 27.9. The number of halogens is 1. The van der Waals surface area contributed by atoms with Gasteiger partial charge in [-0.25, -0.2) is 8.42 Å². The molecule has 2 aromatic carbocycles. The van der Waals surface area contributed by atoms with Crippen LogP contribution in [-0.2, 0) is 26.2 Å². The molecule has 198 valence electrons. The topological polar surface area (TPSA) is 86.8 Å². The summed E-state index contributed by atoms with van der Waals surface area (Å²) in [5.41, 5.74) is 2.88. The van der Waals surface area contributed by atoms with Crippen LogP contribution in [0.5, 0.6) is 0 Å². The Morgan fingerprint density at radius 2 is 1.75 bits per heavy atom. The van der Waals surface area contributed by atoms with Gasteiger partial charge in [-0.3, -0.25) is 13.9 Å². The second kappa shape index (κ2) is 12.2. The Morgan fingerprint density at radius 3 is 2.33 bits per heavy atom. The van der Waals surface area contributed by atoms with Crippen molar-refractivity contribution in [2.75, 3.05) is 17.1 Å². The largest absolute Gasteiger partial charge is 0.350 e. The van der Waals surface area contributed by atoms with E-state index in [1.165, 1.54) is 10.6 Å². The summed E-state index contributed by atoms with van der Waals surface area (Å²) in [5, 5.41) is 2.95. The van der Waals surface area contributed by atoms with Crippen molar-refractivity contribution in [2.45, 2.75) is 72.5 Å². The van der Waals surface area contributed by atoms with Gasteiger partial charge in [0.15, 0.2) is 0 Å². The van der Waals surface area contributed by atoms with Crippen LogP contribution < -0.4 is 9.62 Å². The molecule has 7 nitrogen and oxygen atoms in total. The molecule has 9 heteroatoms. The molecule has 2 rings (SSSR count). The quantitative estimate of drug-likeness (QED) is 0.431. The molecule has 0 heterocycles. The molecular weight excluding hydrogens is 542 g/mol. The summed E-state index contributed by atoms with van der Waals surface area (Å²) in [5.74, 6) is -0.444. The molecule has 0 aliphatic heterocycles. The van der Waals surface area contributed by atoms with Crippen LogP contribution in [0.1, 0.15) is 57.2 Å². The van der Waals surface area contributed by atoms with Crippen molar-refractivity contribution in [3.63, 3.8) is 0 Å². The van der Waals surface area contributed by atoms with Gasteiger partial charge in [0, 0.05) is 29.5 Å². The molecule has 0 unspecified atom stereocenters. The van der Waals surface area contributed by atoms with Crippen LogP contribution in [-0.4, -0.2) is 49.5 Å². The molecule has 36 heavy (non-hydrogen) atoms. The molecule has 0 fully saturated rings. The highest BCUT2D eigenvalue weighted by molar-refractivity contribution is 9.10. The molecule has 0 radical (unpaired) electrons. The van der Waals surface area contributed by atoms with Gasteiger partial charge in [-0.2, -0.15) is 0 Å². The van der Waals surface area contributed by atoms with Crippen molar-refractivity contribution < 1.29 is 18.0 Å². The fourth-order valence-corrected chi connectivity index (χ4v) is 5.32. The molecule has 0 saturated heterocycles. The number of amides is 2. The highest BCUT2D eigenvalue weighted by Gasteiger charge is 2.29. The highest BCUT2D eigenvalue weighted by Crippen LogP contribution is 2.25. The van der Waals surface area contributed by atoms with E-state index in [9.17, 15) is 18.0 Å². The first-order chi connectivity index (χ1) is 16.6. The number of anilines is 1. The lowest BCUT2D eigenvalue weighted by molar-refractivity contribution is -0.141. The third-order valence-corrected chi connectivity index (χ3v) is 7.37. The number of sulfonamides is 1. The Balaban J connectivity index is 2.23. The smallest absolute Gasteiger partial charge is 0.242 e. The van der Waals surface area contributed by atoms with Gasteiger partial charge in [0.05, 0.1) is 11.9 Å². The third kappa shape index (κ3) is 8.92. The summed E-state index contributed by atoms with van der Waals surface area (Å²) < 4.78 is 27.4. The van der Waals surface area contributed by atoms with Crippen molar-refractivity contribution in [2.24, 2.45) is 0 Å². The van der Waals surface area contributed by atoms with Crippen LogP contribution in [0.15, 0.2) is 46.9 Å². The Bertz CT molecular complexity index is 1190. The minimum Gasteiger partial charge on any atom is -0.350 e. The summed E-state index contributed by atoms with van der Waals surface area (Å²) in [7, 11) is -3.54. The zero-order chi connectivity index (χ0) is 27.3. The van der Waals surface area contributed by atoms with Crippen LogP contribution >= 0.6 is 15.9 Å². The Morgan fingerprint density at radius 1 is 1.08 bits per heavy atom. The van der Waals surface area contributed by atoms with Crippen LogP contribution in [0.3, 0.4) is 0 Å². The number of carbonyl (C=O) groups excluding carboxylic acids is 2. The first kappa shape index (κ1) is 29.8. The average Bonchev–Trinajstić information content (AvgIpc) is 2.74. The summed E-state index contributed by atoms with van der Waals surface area (Å²) >= 11 is 3.46. The summed E-state index contributed by atoms with van der Waals surface area (Å²) in [6, 6.07) is 12.6. The molecule has 0 aliphatic rings. The van der Waals surface area contributed by atoms with Crippen molar-refractivity contribution in [1.82, 2.24) is 10.2 Å². The van der Waals surface area contributed by atoms with Crippen molar-refractivity contribution >= 4 is 43.5 Å². The second-order valence-electron chi connectivity index (χ2n) is 10.3. The fraction of sp³-hybridized carbons (Fsp3) is 0.481. The van der Waals surface area contributed by atoms with Crippen LogP contribution in [0.25, 0.3) is 0 Å². The van der Waals surface area contributed by atoms with Crippen molar-refractivity contribution in [1.29, 1.82) is 0 Å². The molecule has 2 aromatic rings. The van der Waals surface area contributed by atoms with E-state index in [0.717, 1.165) is 21.2 Å². The van der Waals surface area contributed by atoms with Gasteiger partial charge < -0.3 is 10.2 Å². The molecular formula is C27H38BrN3O4S. The molecule has 0 bridgehead atoms. The van der Waals surface area contributed by atoms with Gasteiger partial charge in [-0.05, 0) is 82.9 Å². The number of aryl methyl sites for hydroxylation is 2. The average molecular weight is 581 g/mol. The number of benzene rings is 2. The SMILES string of the molecule is Cc1ccc(C)c(N(CCCC(=O)N(Cc2cccc(Br)c2)[C@H](C)C(=O)NC(C)(C)C)S(C)(=O)=O)c1. The van der Waals surface area contributed by atoms with E-state index in [0.29, 0.717) is 12.1 Å². The number of hydrogen-bond acceptors (Lipinski definition) is 4. The van der Waals surface area contributed by atoms with Crippen LogP contribution in [0, 0.1) is 13.8 Å². The Kier molecular flexibility index (Phi) is 10.1. The number of hydrogen-bond donors (Lipinski definition) is 1. The van der Waals surface area contributed by atoms with Crippen molar-refractivity contribution in [3.05, 3.63) is 63.6 Å². The normalized spacial score (nSPS) is 12.7. The van der Waals surface area contributed by atoms with Gasteiger partial charge in [-0.15, -0.1) is 0 Å². The molecule has 0 saturated carbocycles. The van der Waals surface area contributed by atoms with Gasteiger partial charge >= 0.3 is 0 Å². The van der Waals surface area contributed by atoms with E-state index >= 15 is 0 Å². The first-order valence-electron chi connectivity index (χ1n) is 12.0. The zero-order valence-electron chi connectivity index (χ0n) is 22.3. The standard InChI is InChI=1S/C27H38BrN3O4S/c1-19-13-14-20(2)24(16-19)31(36(7,34)35)15-9-12-25(32)30(18-22-10-8-11-23(28)17-22)21(3)26(33)29-27(4,5)6/h8,10-11,13-14,16-17,21H,9,12,15,18H2,1-7H3,(H,29,33)/t21-/m1/s1. The Hall–Kier alpha value is -2.39. The van der Waals surface area contributed by atoms with Gasteiger partial charge in [-0.1, -0.05) is 40.2 Å². The number of carbonyl (C=O) groups is 2. The van der Waals surface area contributed by atoms with Crippen LogP contribution in [0.4, 0.5) is 5.69 Å². The lowest BCUT2D eigenvalue weighted by Gasteiger charge is -2.32. The molecule has 0 aromatic heterocycles. The predicted octanol–water partition coefficient (Wildman–Crippen LogP) is 4.94. The lowest BCUT2D eigenvalue weighted by Crippen LogP contribution is -2.52. The Labute approximate surface area is 224 Å². The van der Waals surface area contributed by atoms with Crippen LogP contribution in [0.2, 0.25) is 0 Å². The minimum absolute atomic E-state index is 0.109. The van der Waals surface area contributed by atoms with E-state index in [4.69, 9.17) is 0 Å².